The normalized spacial score (nSPS) is 20.8. The van der Waals surface area contributed by atoms with Gasteiger partial charge < -0.3 is 5.73 Å². The third-order valence-corrected chi connectivity index (χ3v) is 3.35. The highest BCUT2D eigenvalue weighted by atomic mass is 15.2. The van der Waals surface area contributed by atoms with Crippen LogP contribution in [0.5, 0.6) is 0 Å². The van der Waals surface area contributed by atoms with E-state index in [-0.39, 0.29) is 12.1 Å². The van der Waals surface area contributed by atoms with Gasteiger partial charge in [0.1, 0.15) is 0 Å². The van der Waals surface area contributed by atoms with Crippen molar-refractivity contribution in [1.29, 1.82) is 0 Å². The van der Waals surface area contributed by atoms with Crippen LogP contribution < -0.4 is 5.73 Å². The van der Waals surface area contributed by atoms with Crippen LogP contribution in [0.4, 0.5) is 0 Å². The summed E-state index contributed by atoms with van der Waals surface area (Å²) < 4.78 is 0. The maximum atomic E-state index is 6.13. The molecule has 3 nitrogen and oxygen atoms in total. The molecular weight excluding hydrogens is 210 g/mol. The van der Waals surface area contributed by atoms with E-state index in [1.807, 2.05) is 18.3 Å². The molecule has 1 aromatic heterocycles. The molecule has 92 valence electrons. The molecule has 2 atom stereocenters. The van der Waals surface area contributed by atoms with E-state index in [2.05, 4.69) is 35.9 Å². The summed E-state index contributed by atoms with van der Waals surface area (Å²) in [6.45, 7) is 6.31. The highest BCUT2D eigenvalue weighted by molar-refractivity contribution is 5.14. The third-order valence-electron chi connectivity index (χ3n) is 3.35. The number of hydrogen-bond acceptors (Lipinski definition) is 3. The standard InChI is InChI=1S/C14H21N3/c1-11-6-9-17(10-7-11)14(12(2)15)13-5-3-4-8-16-13/h3-6,8,12,14H,7,9-10,15H2,1-2H3. The highest BCUT2D eigenvalue weighted by Crippen LogP contribution is 2.24. The molecule has 0 spiro atoms. The van der Waals surface area contributed by atoms with E-state index in [9.17, 15) is 0 Å². The number of aromatic nitrogens is 1. The Bertz CT molecular complexity index is 384. The van der Waals surface area contributed by atoms with E-state index >= 15 is 0 Å². The van der Waals surface area contributed by atoms with E-state index in [1.54, 1.807) is 0 Å². The van der Waals surface area contributed by atoms with Crippen molar-refractivity contribution in [3.63, 3.8) is 0 Å². The van der Waals surface area contributed by atoms with Crippen molar-refractivity contribution in [2.24, 2.45) is 5.73 Å². The minimum absolute atomic E-state index is 0.0942. The molecule has 1 aliphatic rings. The fraction of sp³-hybridized carbons (Fsp3) is 0.500. The molecule has 2 heterocycles. The maximum Gasteiger partial charge on any atom is 0.0673 e. The summed E-state index contributed by atoms with van der Waals surface area (Å²) in [5.74, 6) is 0. The van der Waals surface area contributed by atoms with Gasteiger partial charge >= 0.3 is 0 Å². The minimum Gasteiger partial charge on any atom is -0.326 e. The molecule has 0 aliphatic carbocycles. The molecule has 0 saturated heterocycles. The Kier molecular flexibility index (Phi) is 3.92. The summed E-state index contributed by atoms with van der Waals surface area (Å²) in [5, 5.41) is 0. The van der Waals surface area contributed by atoms with Crippen LogP contribution in [-0.2, 0) is 0 Å². The van der Waals surface area contributed by atoms with E-state index in [0.717, 1.165) is 25.2 Å². The molecule has 0 amide bonds. The lowest BCUT2D eigenvalue weighted by atomic mass is 10.0. The highest BCUT2D eigenvalue weighted by Gasteiger charge is 2.25. The number of rotatable bonds is 3. The molecule has 17 heavy (non-hydrogen) atoms. The van der Waals surface area contributed by atoms with Crippen LogP contribution in [0.25, 0.3) is 0 Å². The van der Waals surface area contributed by atoms with Gasteiger partial charge in [-0.3, -0.25) is 9.88 Å². The summed E-state index contributed by atoms with van der Waals surface area (Å²) >= 11 is 0. The molecule has 0 bridgehead atoms. The van der Waals surface area contributed by atoms with Gasteiger partial charge in [-0.2, -0.15) is 0 Å². The van der Waals surface area contributed by atoms with Crippen molar-refractivity contribution in [1.82, 2.24) is 9.88 Å². The fourth-order valence-corrected chi connectivity index (χ4v) is 2.38. The van der Waals surface area contributed by atoms with Crippen LogP contribution in [0, 0.1) is 0 Å². The summed E-state index contributed by atoms with van der Waals surface area (Å²) in [7, 11) is 0. The van der Waals surface area contributed by atoms with Gasteiger partial charge in [0.05, 0.1) is 11.7 Å². The van der Waals surface area contributed by atoms with E-state index in [4.69, 9.17) is 5.73 Å². The Hall–Kier alpha value is -1.19. The van der Waals surface area contributed by atoms with Gasteiger partial charge in [-0.1, -0.05) is 17.7 Å². The molecule has 3 heteroatoms. The van der Waals surface area contributed by atoms with Crippen LogP contribution in [0.2, 0.25) is 0 Å². The minimum atomic E-state index is 0.0942. The first-order valence-electron chi connectivity index (χ1n) is 6.24. The fourth-order valence-electron chi connectivity index (χ4n) is 2.38. The smallest absolute Gasteiger partial charge is 0.0673 e. The number of nitrogens with two attached hydrogens (primary N) is 1. The summed E-state index contributed by atoms with van der Waals surface area (Å²) in [6.07, 6.45) is 5.27. The largest absolute Gasteiger partial charge is 0.326 e. The molecule has 1 aromatic rings. The van der Waals surface area contributed by atoms with Crippen molar-refractivity contribution in [3.8, 4) is 0 Å². The average molecular weight is 231 g/mol. The third kappa shape index (κ3) is 2.93. The van der Waals surface area contributed by atoms with Crippen molar-refractivity contribution >= 4 is 0 Å². The Labute approximate surface area is 103 Å². The van der Waals surface area contributed by atoms with E-state index in [0.29, 0.717) is 0 Å². The van der Waals surface area contributed by atoms with Crippen LogP contribution in [0.1, 0.15) is 32.0 Å². The van der Waals surface area contributed by atoms with Gasteiger partial charge in [0.15, 0.2) is 0 Å². The SMILES string of the molecule is CC1=CCN(C(c2ccccn2)C(C)N)CC1. The van der Waals surface area contributed by atoms with E-state index < -0.39 is 0 Å². The van der Waals surface area contributed by atoms with Crippen LogP contribution in [0.15, 0.2) is 36.0 Å². The second kappa shape index (κ2) is 5.43. The zero-order valence-electron chi connectivity index (χ0n) is 10.6. The Morgan fingerprint density at radius 2 is 2.24 bits per heavy atom. The lowest BCUT2D eigenvalue weighted by Crippen LogP contribution is -2.42. The van der Waals surface area contributed by atoms with Gasteiger partial charge in [-0.25, -0.2) is 0 Å². The predicted octanol–water partition coefficient (Wildman–Crippen LogP) is 2.12. The molecule has 1 aliphatic heterocycles. The summed E-state index contributed by atoms with van der Waals surface area (Å²) in [4.78, 5) is 6.87. The molecule has 2 unspecified atom stereocenters. The lowest BCUT2D eigenvalue weighted by molar-refractivity contribution is 0.186. The Morgan fingerprint density at radius 1 is 1.41 bits per heavy atom. The maximum absolute atomic E-state index is 6.13. The molecule has 2 rings (SSSR count). The zero-order chi connectivity index (χ0) is 12.3. The monoisotopic (exact) mass is 231 g/mol. The quantitative estimate of drug-likeness (QED) is 0.810. The zero-order valence-corrected chi connectivity index (χ0v) is 10.6. The summed E-state index contributed by atoms with van der Waals surface area (Å²) in [6, 6.07) is 6.36. The first-order chi connectivity index (χ1) is 8.18. The van der Waals surface area contributed by atoms with Crippen molar-refractivity contribution in [2.75, 3.05) is 13.1 Å². The molecule has 0 radical (unpaired) electrons. The molecule has 0 aromatic carbocycles. The molecule has 2 N–H and O–H groups in total. The topological polar surface area (TPSA) is 42.2 Å². The van der Waals surface area contributed by atoms with Gasteiger partial charge in [-0.15, -0.1) is 0 Å². The van der Waals surface area contributed by atoms with Gasteiger partial charge in [-0.05, 0) is 32.4 Å². The molecule has 0 fully saturated rings. The molecule has 0 saturated carbocycles. The first-order valence-corrected chi connectivity index (χ1v) is 6.24. The lowest BCUT2D eigenvalue weighted by Gasteiger charge is -2.35. The van der Waals surface area contributed by atoms with Gasteiger partial charge in [0, 0.05) is 25.3 Å². The van der Waals surface area contributed by atoms with Crippen LogP contribution in [0.3, 0.4) is 0 Å². The van der Waals surface area contributed by atoms with Gasteiger partial charge in [0.25, 0.3) is 0 Å². The second-order valence-corrected chi connectivity index (χ2v) is 4.85. The van der Waals surface area contributed by atoms with Gasteiger partial charge in [0.2, 0.25) is 0 Å². The summed E-state index contributed by atoms with van der Waals surface area (Å²) in [5.41, 5.74) is 8.69. The van der Waals surface area contributed by atoms with Crippen molar-refractivity contribution in [3.05, 3.63) is 41.7 Å². The number of nitrogens with zero attached hydrogens (tertiary/aromatic N) is 2. The predicted molar refractivity (Wildman–Crippen MR) is 70.6 cm³/mol. The van der Waals surface area contributed by atoms with Crippen LogP contribution >= 0.6 is 0 Å². The Morgan fingerprint density at radius 3 is 2.76 bits per heavy atom. The van der Waals surface area contributed by atoms with E-state index in [1.165, 1.54) is 5.57 Å². The number of pyridine rings is 1. The molecular formula is C14H21N3. The first kappa shape index (κ1) is 12.3. The van der Waals surface area contributed by atoms with Crippen molar-refractivity contribution < 1.29 is 0 Å². The van der Waals surface area contributed by atoms with Crippen LogP contribution in [-0.4, -0.2) is 29.0 Å². The Balaban J connectivity index is 2.19. The van der Waals surface area contributed by atoms with Crippen molar-refractivity contribution in [2.45, 2.75) is 32.4 Å². The average Bonchev–Trinajstić information content (AvgIpc) is 2.33. The number of hydrogen-bond donors (Lipinski definition) is 1. The second-order valence-electron chi connectivity index (χ2n) is 4.85.